The molecular formula is C52H72O4. The van der Waals surface area contributed by atoms with Gasteiger partial charge in [0.25, 0.3) is 0 Å². The number of rotatable bonds is 20. The van der Waals surface area contributed by atoms with Crippen molar-refractivity contribution in [1.29, 1.82) is 0 Å². The minimum atomic E-state index is 0.684. The molecule has 56 heavy (non-hydrogen) atoms. The van der Waals surface area contributed by atoms with Crippen LogP contribution in [0.2, 0.25) is 0 Å². The molecule has 0 saturated carbocycles. The highest BCUT2D eigenvalue weighted by molar-refractivity contribution is 5.58. The van der Waals surface area contributed by atoms with E-state index in [1.54, 1.807) is 0 Å². The first kappa shape index (κ1) is 43.2. The summed E-state index contributed by atoms with van der Waals surface area (Å²) < 4.78 is 27.5. The number of benzene rings is 4. The lowest BCUT2D eigenvalue weighted by Crippen LogP contribution is -2.12. The van der Waals surface area contributed by atoms with E-state index in [4.69, 9.17) is 18.9 Å². The molecule has 0 amide bonds. The molecule has 0 N–H and O–H groups in total. The van der Waals surface area contributed by atoms with Crippen LogP contribution in [0.3, 0.4) is 0 Å². The molecule has 0 aliphatic heterocycles. The fourth-order valence-corrected chi connectivity index (χ4v) is 8.47. The maximum absolute atomic E-state index is 6.86. The summed E-state index contributed by atoms with van der Waals surface area (Å²) in [5, 5.41) is 0. The second-order valence-corrected chi connectivity index (χ2v) is 16.1. The van der Waals surface area contributed by atoms with E-state index in [1.165, 1.54) is 66.8 Å². The molecule has 0 aromatic heterocycles. The zero-order valence-electron chi connectivity index (χ0n) is 36.4. The standard InChI is InChI=1S/C52H72O4/c1-9-17-37-25-41-33-43-27-38(18-10-2)29-45(50(43)54-22-14-6)35-47-31-40(20-12-4)32-48(52(47)56-24-16-8)36-46-30-39(19-11-3)28-44(51(46)55-23-15-7)34-42(26-37)49(41)53-21-13-5/h25-32H,9-24,33-36H2,1-8H3. The summed E-state index contributed by atoms with van der Waals surface area (Å²) in [7, 11) is 0. The Morgan fingerprint density at radius 2 is 0.464 bits per heavy atom. The summed E-state index contributed by atoms with van der Waals surface area (Å²) in [5.74, 6) is 4.15. The van der Waals surface area contributed by atoms with E-state index in [-0.39, 0.29) is 0 Å². The van der Waals surface area contributed by atoms with Crippen molar-refractivity contribution in [2.75, 3.05) is 26.4 Å². The molecule has 8 bridgehead atoms. The van der Waals surface area contributed by atoms with E-state index < -0.39 is 0 Å². The van der Waals surface area contributed by atoms with Crippen LogP contribution in [-0.4, -0.2) is 26.4 Å². The summed E-state index contributed by atoms with van der Waals surface area (Å²) in [4.78, 5) is 0. The number of hydrogen-bond donors (Lipinski definition) is 0. The molecule has 0 heterocycles. The first-order valence-electron chi connectivity index (χ1n) is 22.5. The molecule has 5 rings (SSSR count). The molecular weight excluding hydrogens is 689 g/mol. The Balaban J connectivity index is 1.91. The molecule has 1 aliphatic rings. The average molecular weight is 761 g/mol. The molecule has 0 fully saturated rings. The van der Waals surface area contributed by atoms with Crippen molar-refractivity contribution in [1.82, 2.24) is 0 Å². The molecule has 0 unspecified atom stereocenters. The largest absolute Gasteiger partial charge is 0.493 e. The third-order valence-corrected chi connectivity index (χ3v) is 10.7. The van der Waals surface area contributed by atoms with Crippen molar-refractivity contribution in [2.24, 2.45) is 0 Å². The lowest BCUT2D eigenvalue weighted by atomic mass is 9.87. The van der Waals surface area contributed by atoms with E-state index >= 15 is 0 Å². The van der Waals surface area contributed by atoms with Gasteiger partial charge in [0, 0.05) is 25.7 Å². The molecule has 4 heteroatoms. The van der Waals surface area contributed by atoms with Gasteiger partial charge in [-0.2, -0.15) is 0 Å². The van der Waals surface area contributed by atoms with Crippen molar-refractivity contribution in [2.45, 2.75) is 158 Å². The predicted octanol–water partition coefficient (Wildman–Crippen LogP) is 13.3. The fourth-order valence-electron chi connectivity index (χ4n) is 8.47. The lowest BCUT2D eigenvalue weighted by molar-refractivity contribution is 0.304. The van der Waals surface area contributed by atoms with E-state index in [0.29, 0.717) is 26.4 Å². The van der Waals surface area contributed by atoms with Gasteiger partial charge < -0.3 is 18.9 Å². The Morgan fingerprint density at radius 3 is 0.607 bits per heavy atom. The maximum Gasteiger partial charge on any atom is 0.126 e. The molecule has 0 atom stereocenters. The van der Waals surface area contributed by atoms with Gasteiger partial charge in [-0.25, -0.2) is 0 Å². The maximum atomic E-state index is 6.86. The van der Waals surface area contributed by atoms with Crippen molar-refractivity contribution in [3.8, 4) is 23.0 Å². The summed E-state index contributed by atoms with van der Waals surface area (Å²) in [6.07, 6.45) is 15.4. The molecule has 0 radical (unpaired) electrons. The highest BCUT2D eigenvalue weighted by Crippen LogP contribution is 2.41. The SMILES string of the molecule is CCCOc1c2cc(CCC)cc1Cc1cc(CCC)cc(c1OCCC)Cc1cc(CCC)cc(c1OCCC)Cc1cc(CCC)cc(c1OCCC)C2. The first-order chi connectivity index (χ1) is 27.4. The number of hydrogen-bond acceptors (Lipinski definition) is 4. The number of fused-ring (bicyclic) bond motifs is 8. The van der Waals surface area contributed by atoms with Crippen LogP contribution in [0.5, 0.6) is 23.0 Å². The van der Waals surface area contributed by atoms with Gasteiger partial charge in [-0.3, -0.25) is 0 Å². The number of aryl methyl sites for hydroxylation is 4. The summed E-state index contributed by atoms with van der Waals surface area (Å²) in [6, 6.07) is 19.5. The van der Waals surface area contributed by atoms with Crippen molar-refractivity contribution in [3.63, 3.8) is 0 Å². The smallest absolute Gasteiger partial charge is 0.126 e. The Morgan fingerprint density at radius 1 is 0.286 bits per heavy atom. The molecule has 0 spiro atoms. The zero-order valence-corrected chi connectivity index (χ0v) is 36.4. The van der Waals surface area contributed by atoms with E-state index in [2.05, 4.69) is 104 Å². The first-order valence-corrected chi connectivity index (χ1v) is 22.5. The Bertz CT molecular complexity index is 1490. The highest BCUT2D eigenvalue weighted by Gasteiger charge is 2.24. The van der Waals surface area contributed by atoms with Gasteiger partial charge in [-0.1, -0.05) is 130 Å². The van der Waals surface area contributed by atoms with Crippen molar-refractivity contribution in [3.05, 3.63) is 115 Å². The van der Waals surface area contributed by atoms with Gasteiger partial charge in [-0.05, 0) is 118 Å². The van der Waals surface area contributed by atoms with Gasteiger partial charge in [0.15, 0.2) is 0 Å². The van der Waals surface area contributed by atoms with E-state index in [1.807, 2.05) is 0 Å². The van der Waals surface area contributed by atoms with Crippen molar-refractivity contribution >= 4 is 0 Å². The monoisotopic (exact) mass is 761 g/mol. The zero-order chi connectivity index (χ0) is 39.9. The van der Waals surface area contributed by atoms with Gasteiger partial charge in [-0.15, -0.1) is 0 Å². The third-order valence-electron chi connectivity index (χ3n) is 10.7. The van der Waals surface area contributed by atoms with Crippen LogP contribution in [0.4, 0.5) is 0 Å². The predicted molar refractivity (Wildman–Crippen MR) is 236 cm³/mol. The molecule has 4 aromatic carbocycles. The van der Waals surface area contributed by atoms with Crippen LogP contribution in [0.25, 0.3) is 0 Å². The Kier molecular flexibility index (Phi) is 17.1. The molecule has 4 aromatic rings. The third kappa shape index (κ3) is 11.1. The normalized spacial score (nSPS) is 12.4. The quantitative estimate of drug-likeness (QED) is 0.0792. The van der Waals surface area contributed by atoms with Crippen LogP contribution in [0.15, 0.2) is 48.5 Å². The van der Waals surface area contributed by atoms with Crippen LogP contribution in [0.1, 0.15) is 174 Å². The fraction of sp³-hybridized carbons (Fsp3) is 0.538. The molecule has 304 valence electrons. The summed E-state index contributed by atoms with van der Waals surface area (Å²) in [6.45, 7) is 20.7. The highest BCUT2D eigenvalue weighted by atomic mass is 16.5. The minimum Gasteiger partial charge on any atom is -0.493 e. The summed E-state index contributed by atoms with van der Waals surface area (Å²) in [5.41, 5.74) is 15.6. The van der Waals surface area contributed by atoms with Crippen LogP contribution >= 0.6 is 0 Å². The van der Waals surface area contributed by atoms with Crippen LogP contribution in [-0.2, 0) is 51.4 Å². The second-order valence-electron chi connectivity index (χ2n) is 16.1. The van der Waals surface area contributed by atoms with Crippen LogP contribution < -0.4 is 18.9 Å². The lowest BCUT2D eigenvalue weighted by Gasteiger charge is -2.25. The molecule has 0 saturated heterocycles. The average Bonchev–Trinajstić information content (AvgIpc) is 3.17. The Hall–Kier alpha value is -3.92. The Labute approximate surface area is 340 Å². The van der Waals surface area contributed by atoms with Gasteiger partial charge in [0.05, 0.1) is 26.4 Å². The topological polar surface area (TPSA) is 36.9 Å². The summed E-state index contributed by atoms with van der Waals surface area (Å²) >= 11 is 0. The van der Waals surface area contributed by atoms with Gasteiger partial charge >= 0.3 is 0 Å². The van der Waals surface area contributed by atoms with Crippen molar-refractivity contribution < 1.29 is 18.9 Å². The van der Waals surface area contributed by atoms with E-state index in [0.717, 1.165) is 126 Å². The molecule has 4 nitrogen and oxygen atoms in total. The minimum absolute atomic E-state index is 0.684. The van der Waals surface area contributed by atoms with Gasteiger partial charge in [0.1, 0.15) is 23.0 Å². The second kappa shape index (κ2) is 22.1. The number of ether oxygens (including phenoxy) is 4. The van der Waals surface area contributed by atoms with Crippen LogP contribution in [0, 0.1) is 0 Å². The van der Waals surface area contributed by atoms with E-state index in [9.17, 15) is 0 Å². The van der Waals surface area contributed by atoms with Gasteiger partial charge in [0.2, 0.25) is 0 Å². The molecule has 1 aliphatic carbocycles.